The molecule has 0 N–H and O–H groups in total. The van der Waals surface area contributed by atoms with Crippen LogP contribution in [0.5, 0.6) is 0 Å². The molecule has 3 aromatic rings. The molecule has 3 aromatic carbocycles. The second kappa shape index (κ2) is 10.2. The molecule has 178 valence electrons. The van der Waals surface area contributed by atoms with Gasteiger partial charge in [0.05, 0.1) is 8.07 Å². The van der Waals surface area contributed by atoms with Gasteiger partial charge in [-0.1, -0.05) is 135 Å². The zero-order valence-electron chi connectivity index (χ0n) is 20.7. The molecule has 2 aliphatic rings. The van der Waals surface area contributed by atoms with E-state index in [-0.39, 0.29) is 5.82 Å². The monoisotopic (exact) mass is 470 g/mol. The summed E-state index contributed by atoms with van der Waals surface area (Å²) in [7, 11) is -1.39. The minimum atomic E-state index is -1.39. The van der Waals surface area contributed by atoms with Gasteiger partial charge in [0.1, 0.15) is 5.82 Å². The smallest absolute Gasteiger partial charge is 0.123 e. The van der Waals surface area contributed by atoms with Gasteiger partial charge in [-0.25, -0.2) is 4.39 Å². The van der Waals surface area contributed by atoms with Crippen molar-refractivity contribution in [2.24, 2.45) is 5.92 Å². The van der Waals surface area contributed by atoms with Crippen LogP contribution in [0.15, 0.2) is 78.9 Å². The van der Waals surface area contributed by atoms with Crippen molar-refractivity contribution in [2.45, 2.75) is 81.8 Å². The number of benzene rings is 3. The Bertz CT molecular complexity index is 1040. The Morgan fingerprint density at radius 1 is 0.765 bits per heavy atom. The normalized spacial score (nSPS) is 24.6. The molecule has 0 atom stereocenters. The van der Waals surface area contributed by atoms with Crippen LogP contribution in [0.1, 0.15) is 63.9 Å². The Morgan fingerprint density at radius 3 is 1.94 bits per heavy atom. The summed E-state index contributed by atoms with van der Waals surface area (Å²) in [6.45, 7) is 2.38. The fourth-order valence-electron chi connectivity index (χ4n) is 7.43. The predicted octanol–water partition coefficient (Wildman–Crippen LogP) is 8.87. The number of rotatable bonds is 6. The molecule has 0 unspecified atom stereocenters. The van der Waals surface area contributed by atoms with Gasteiger partial charge < -0.3 is 0 Å². The third kappa shape index (κ3) is 4.54. The summed E-state index contributed by atoms with van der Waals surface area (Å²) in [5.41, 5.74) is 4.20. The van der Waals surface area contributed by atoms with E-state index in [0.717, 1.165) is 11.5 Å². The topological polar surface area (TPSA) is 0 Å². The molecule has 1 aliphatic carbocycles. The van der Waals surface area contributed by atoms with Crippen LogP contribution < -0.4 is 5.19 Å². The van der Waals surface area contributed by atoms with Crippen molar-refractivity contribution < 1.29 is 4.39 Å². The van der Waals surface area contributed by atoms with Crippen molar-refractivity contribution >= 4 is 13.3 Å². The molecule has 1 saturated heterocycles. The maximum atomic E-state index is 13.4. The van der Waals surface area contributed by atoms with Gasteiger partial charge in [-0.15, -0.1) is 0 Å². The predicted molar refractivity (Wildman–Crippen MR) is 146 cm³/mol. The Morgan fingerprint density at radius 2 is 1.35 bits per heavy atom. The average Bonchev–Trinajstić information content (AvgIpc) is 2.91. The van der Waals surface area contributed by atoms with E-state index in [0.29, 0.717) is 5.41 Å². The molecule has 1 aliphatic heterocycles. The van der Waals surface area contributed by atoms with Crippen LogP contribution in [0.25, 0.3) is 11.1 Å². The molecule has 1 heterocycles. The van der Waals surface area contributed by atoms with Crippen LogP contribution >= 0.6 is 0 Å². The molecular weight excluding hydrogens is 431 g/mol. The lowest BCUT2D eigenvalue weighted by Crippen LogP contribution is -2.52. The van der Waals surface area contributed by atoms with E-state index in [1.54, 1.807) is 22.9 Å². The first-order chi connectivity index (χ1) is 16.7. The van der Waals surface area contributed by atoms with E-state index >= 15 is 0 Å². The van der Waals surface area contributed by atoms with Crippen molar-refractivity contribution in [3.63, 3.8) is 0 Å². The highest BCUT2D eigenvalue weighted by Gasteiger charge is 2.46. The largest absolute Gasteiger partial charge is 0.207 e. The van der Waals surface area contributed by atoms with E-state index in [1.807, 2.05) is 12.1 Å². The zero-order chi connectivity index (χ0) is 23.4. The van der Waals surface area contributed by atoms with Crippen LogP contribution in [0.4, 0.5) is 4.39 Å². The van der Waals surface area contributed by atoms with Gasteiger partial charge in [-0.05, 0) is 53.0 Å². The molecule has 2 fully saturated rings. The lowest BCUT2D eigenvalue weighted by Gasteiger charge is -2.49. The van der Waals surface area contributed by atoms with Crippen LogP contribution in [-0.2, 0) is 5.41 Å². The summed E-state index contributed by atoms with van der Waals surface area (Å²) in [4.78, 5) is 0. The lowest BCUT2D eigenvalue weighted by atomic mass is 9.60. The molecule has 0 spiro atoms. The van der Waals surface area contributed by atoms with Crippen LogP contribution in [0.3, 0.4) is 0 Å². The first-order valence-electron chi connectivity index (χ1n) is 13.6. The van der Waals surface area contributed by atoms with Gasteiger partial charge >= 0.3 is 0 Å². The molecule has 0 amide bonds. The Balaban J connectivity index is 1.40. The van der Waals surface area contributed by atoms with Crippen molar-refractivity contribution in [3.8, 4) is 11.1 Å². The highest BCUT2D eigenvalue weighted by molar-refractivity contribution is 6.92. The second-order valence-electron chi connectivity index (χ2n) is 11.0. The molecule has 0 aromatic heterocycles. The highest BCUT2D eigenvalue weighted by Crippen LogP contribution is 2.52. The molecule has 0 radical (unpaired) electrons. The Hall–Kier alpha value is -2.19. The molecule has 1 saturated carbocycles. The van der Waals surface area contributed by atoms with Crippen LogP contribution in [0, 0.1) is 11.7 Å². The van der Waals surface area contributed by atoms with Gasteiger partial charge in [-0.3, -0.25) is 0 Å². The van der Waals surface area contributed by atoms with Crippen molar-refractivity contribution in [3.05, 3.63) is 90.2 Å². The second-order valence-corrected chi connectivity index (χ2v) is 15.6. The number of halogens is 1. The quantitative estimate of drug-likeness (QED) is 0.316. The summed E-state index contributed by atoms with van der Waals surface area (Å²) in [5.74, 6) is 0.641. The standard InChI is InChI=1S/C32H39FSi/c1-2-23-34(31-9-5-3-6-10-31)24-19-29(20-25-34)32(21-7-4-8-22-32)28-15-11-26(12-16-28)27-13-17-30(33)18-14-27/h3,5-6,9-18,29H,2,4,7-8,19-25H2,1H3. The van der Waals surface area contributed by atoms with Crippen molar-refractivity contribution in [1.82, 2.24) is 0 Å². The van der Waals surface area contributed by atoms with Gasteiger partial charge in [0.2, 0.25) is 0 Å². The fourth-order valence-corrected chi connectivity index (χ4v) is 12.7. The first-order valence-corrected chi connectivity index (χ1v) is 16.2. The molecule has 0 nitrogen and oxygen atoms in total. The van der Waals surface area contributed by atoms with Gasteiger partial charge in [0.15, 0.2) is 0 Å². The summed E-state index contributed by atoms with van der Waals surface area (Å²) in [6.07, 6.45) is 10.9. The zero-order valence-corrected chi connectivity index (χ0v) is 21.7. The Labute approximate surface area is 206 Å². The van der Waals surface area contributed by atoms with E-state index in [4.69, 9.17) is 0 Å². The van der Waals surface area contributed by atoms with Gasteiger partial charge in [-0.2, -0.15) is 0 Å². The molecule has 34 heavy (non-hydrogen) atoms. The highest BCUT2D eigenvalue weighted by atomic mass is 28.3. The van der Waals surface area contributed by atoms with E-state index in [1.165, 1.54) is 75.1 Å². The first kappa shape index (κ1) is 23.5. The van der Waals surface area contributed by atoms with E-state index < -0.39 is 8.07 Å². The maximum absolute atomic E-state index is 13.4. The number of hydrogen-bond donors (Lipinski definition) is 0. The van der Waals surface area contributed by atoms with Gasteiger partial charge in [0, 0.05) is 0 Å². The third-order valence-corrected chi connectivity index (χ3v) is 14.7. The summed E-state index contributed by atoms with van der Waals surface area (Å²) >= 11 is 0. The maximum Gasteiger partial charge on any atom is 0.123 e. The fraction of sp³-hybridized carbons (Fsp3) is 0.438. The van der Waals surface area contributed by atoms with E-state index in [2.05, 4.69) is 61.5 Å². The summed E-state index contributed by atoms with van der Waals surface area (Å²) in [6, 6.07) is 32.2. The minimum absolute atomic E-state index is 0.169. The average molecular weight is 471 g/mol. The summed E-state index contributed by atoms with van der Waals surface area (Å²) in [5, 5.41) is 1.71. The van der Waals surface area contributed by atoms with E-state index in [9.17, 15) is 4.39 Å². The minimum Gasteiger partial charge on any atom is -0.207 e. The Kier molecular flexibility index (Phi) is 7.06. The number of hydrogen-bond acceptors (Lipinski definition) is 0. The van der Waals surface area contributed by atoms with Crippen LogP contribution in [0.2, 0.25) is 18.1 Å². The van der Waals surface area contributed by atoms with Crippen molar-refractivity contribution in [2.75, 3.05) is 0 Å². The molecule has 5 rings (SSSR count). The SMILES string of the molecule is CCC[Si]1(c2ccccc2)CCC(C2(c3ccc(-c4ccc(F)cc4)cc3)CCCCC2)CC1. The lowest BCUT2D eigenvalue weighted by molar-refractivity contribution is 0.174. The van der Waals surface area contributed by atoms with Crippen molar-refractivity contribution in [1.29, 1.82) is 0 Å². The summed E-state index contributed by atoms with van der Waals surface area (Å²) < 4.78 is 13.4. The third-order valence-electron chi connectivity index (χ3n) is 9.22. The van der Waals surface area contributed by atoms with Gasteiger partial charge in [0.25, 0.3) is 0 Å². The van der Waals surface area contributed by atoms with Crippen LogP contribution in [-0.4, -0.2) is 8.07 Å². The molecule has 2 heteroatoms. The molecular formula is C32H39FSi. The molecule has 0 bridgehead atoms.